The summed E-state index contributed by atoms with van der Waals surface area (Å²) >= 11 is 0. The fourth-order valence-corrected chi connectivity index (χ4v) is 2.25. The fourth-order valence-electron chi connectivity index (χ4n) is 2.25. The average molecular weight is 269 g/mol. The van der Waals surface area contributed by atoms with Gasteiger partial charge in [0.1, 0.15) is 0 Å². The summed E-state index contributed by atoms with van der Waals surface area (Å²) < 4.78 is 0. The van der Waals surface area contributed by atoms with Gasteiger partial charge >= 0.3 is 0 Å². The number of carbonyl (C=O) groups is 2. The molecule has 1 saturated carbocycles. The number of nitrogens with one attached hydrogen (secondary N) is 2. The second kappa shape index (κ2) is 7.48. The van der Waals surface area contributed by atoms with Crippen LogP contribution in [-0.2, 0) is 9.59 Å². The number of hydrogen-bond acceptors (Lipinski definition) is 3. The minimum Gasteiger partial charge on any atom is -0.356 e. The van der Waals surface area contributed by atoms with E-state index in [1.165, 1.54) is 6.42 Å². The molecule has 0 aromatic heterocycles. The summed E-state index contributed by atoms with van der Waals surface area (Å²) in [5.74, 6) is 0.453. The van der Waals surface area contributed by atoms with E-state index >= 15 is 0 Å². The molecular formula is C14H27N3O2. The van der Waals surface area contributed by atoms with Crippen LogP contribution in [0.25, 0.3) is 0 Å². The zero-order valence-electron chi connectivity index (χ0n) is 12.1. The molecule has 5 heteroatoms. The molecule has 1 rings (SSSR count). The van der Waals surface area contributed by atoms with E-state index < -0.39 is 0 Å². The van der Waals surface area contributed by atoms with Crippen molar-refractivity contribution in [3.8, 4) is 0 Å². The molecule has 0 saturated heterocycles. The van der Waals surface area contributed by atoms with Gasteiger partial charge in [0.15, 0.2) is 0 Å². The number of amides is 2. The smallest absolute Gasteiger partial charge is 0.221 e. The van der Waals surface area contributed by atoms with E-state index in [0.29, 0.717) is 38.4 Å². The molecule has 0 aromatic carbocycles. The first kappa shape index (κ1) is 16.0. The first-order chi connectivity index (χ1) is 8.97. The summed E-state index contributed by atoms with van der Waals surface area (Å²) in [6.07, 6.45) is 4.10. The standard InChI is InChI=1S/C14H27N3O2/c1-11(2)9-17-12(18)4-7-16-13(19)8-14(10-15)5-3-6-14/h11H,3-10,15H2,1-2H3,(H,16,19)(H,17,18). The second-order valence-electron chi connectivity index (χ2n) is 6.03. The van der Waals surface area contributed by atoms with Gasteiger partial charge < -0.3 is 16.4 Å². The lowest BCUT2D eigenvalue weighted by Crippen LogP contribution is -2.42. The first-order valence-electron chi connectivity index (χ1n) is 7.21. The van der Waals surface area contributed by atoms with Gasteiger partial charge in [0.2, 0.25) is 11.8 Å². The highest BCUT2D eigenvalue weighted by atomic mass is 16.2. The molecule has 1 aliphatic carbocycles. The van der Waals surface area contributed by atoms with Crippen molar-refractivity contribution in [3.05, 3.63) is 0 Å². The topological polar surface area (TPSA) is 84.2 Å². The van der Waals surface area contributed by atoms with Crippen LogP contribution in [0.5, 0.6) is 0 Å². The van der Waals surface area contributed by atoms with Crippen LogP contribution >= 0.6 is 0 Å². The molecule has 0 heterocycles. The van der Waals surface area contributed by atoms with E-state index in [2.05, 4.69) is 10.6 Å². The summed E-state index contributed by atoms with van der Waals surface area (Å²) in [5, 5.41) is 5.63. The molecule has 0 atom stereocenters. The highest BCUT2D eigenvalue weighted by molar-refractivity contribution is 5.79. The van der Waals surface area contributed by atoms with Crippen LogP contribution in [-0.4, -0.2) is 31.4 Å². The van der Waals surface area contributed by atoms with Crippen LogP contribution in [0.1, 0.15) is 46.0 Å². The normalized spacial score (nSPS) is 16.8. The molecule has 0 unspecified atom stereocenters. The molecular weight excluding hydrogens is 242 g/mol. The quantitative estimate of drug-likeness (QED) is 0.609. The fraction of sp³-hybridized carbons (Fsp3) is 0.857. The minimum absolute atomic E-state index is 0.00816. The van der Waals surface area contributed by atoms with E-state index in [0.717, 1.165) is 12.8 Å². The highest BCUT2D eigenvalue weighted by Crippen LogP contribution is 2.42. The van der Waals surface area contributed by atoms with Crippen LogP contribution in [0.15, 0.2) is 0 Å². The van der Waals surface area contributed by atoms with Gasteiger partial charge in [-0.15, -0.1) is 0 Å². The predicted octanol–water partition coefficient (Wildman–Crippen LogP) is 0.784. The van der Waals surface area contributed by atoms with E-state index in [1.54, 1.807) is 0 Å². The zero-order valence-corrected chi connectivity index (χ0v) is 12.1. The Morgan fingerprint density at radius 3 is 2.37 bits per heavy atom. The van der Waals surface area contributed by atoms with Crippen molar-refractivity contribution in [1.82, 2.24) is 10.6 Å². The Kier molecular flexibility index (Phi) is 6.28. The van der Waals surface area contributed by atoms with Crippen LogP contribution in [0.3, 0.4) is 0 Å². The van der Waals surface area contributed by atoms with Gasteiger partial charge in [0.05, 0.1) is 0 Å². The minimum atomic E-state index is -0.00816. The van der Waals surface area contributed by atoms with Gasteiger partial charge in [-0.05, 0) is 30.7 Å². The summed E-state index contributed by atoms with van der Waals surface area (Å²) in [6, 6.07) is 0. The Labute approximate surface area is 115 Å². The molecule has 5 nitrogen and oxygen atoms in total. The molecule has 4 N–H and O–H groups in total. The van der Waals surface area contributed by atoms with Crippen LogP contribution in [0.2, 0.25) is 0 Å². The Morgan fingerprint density at radius 1 is 1.21 bits per heavy atom. The third kappa shape index (κ3) is 5.59. The number of hydrogen-bond donors (Lipinski definition) is 3. The van der Waals surface area contributed by atoms with Crippen molar-refractivity contribution >= 4 is 11.8 Å². The maximum absolute atomic E-state index is 11.8. The molecule has 1 fully saturated rings. The molecule has 0 spiro atoms. The highest BCUT2D eigenvalue weighted by Gasteiger charge is 2.37. The predicted molar refractivity (Wildman–Crippen MR) is 75.4 cm³/mol. The van der Waals surface area contributed by atoms with E-state index in [1.807, 2.05) is 13.8 Å². The Bertz CT molecular complexity index is 306. The molecule has 110 valence electrons. The maximum Gasteiger partial charge on any atom is 0.221 e. The average Bonchev–Trinajstić information content (AvgIpc) is 2.31. The Balaban J connectivity index is 2.11. The third-order valence-electron chi connectivity index (χ3n) is 3.76. The van der Waals surface area contributed by atoms with Crippen molar-refractivity contribution in [2.75, 3.05) is 19.6 Å². The van der Waals surface area contributed by atoms with E-state index in [4.69, 9.17) is 5.73 Å². The molecule has 1 aliphatic rings. The Morgan fingerprint density at radius 2 is 1.89 bits per heavy atom. The van der Waals surface area contributed by atoms with Crippen molar-refractivity contribution in [3.63, 3.8) is 0 Å². The molecule has 0 radical (unpaired) electrons. The molecule has 0 aromatic rings. The molecule has 2 amide bonds. The third-order valence-corrected chi connectivity index (χ3v) is 3.76. The zero-order chi connectivity index (χ0) is 14.3. The molecule has 0 bridgehead atoms. The van der Waals surface area contributed by atoms with Gasteiger partial charge in [-0.1, -0.05) is 20.3 Å². The monoisotopic (exact) mass is 269 g/mol. The van der Waals surface area contributed by atoms with Crippen LogP contribution in [0.4, 0.5) is 0 Å². The number of carbonyl (C=O) groups excluding carboxylic acids is 2. The van der Waals surface area contributed by atoms with Crippen molar-refractivity contribution in [1.29, 1.82) is 0 Å². The lowest BCUT2D eigenvalue weighted by atomic mass is 9.66. The molecule has 19 heavy (non-hydrogen) atoms. The van der Waals surface area contributed by atoms with Crippen molar-refractivity contribution in [2.24, 2.45) is 17.1 Å². The van der Waals surface area contributed by atoms with E-state index in [-0.39, 0.29) is 17.2 Å². The summed E-state index contributed by atoms with van der Waals surface area (Å²) in [4.78, 5) is 23.2. The van der Waals surface area contributed by atoms with Crippen LogP contribution < -0.4 is 16.4 Å². The van der Waals surface area contributed by atoms with Gasteiger partial charge in [-0.2, -0.15) is 0 Å². The lowest BCUT2D eigenvalue weighted by molar-refractivity contribution is -0.125. The number of nitrogens with two attached hydrogens (primary N) is 1. The molecule has 0 aliphatic heterocycles. The summed E-state index contributed by atoms with van der Waals surface area (Å²) in [5.41, 5.74) is 5.75. The van der Waals surface area contributed by atoms with Gasteiger partial charge in [-0.25, -0.2) is 0 Å². The van der Waals surface area contributed by atoms with Gasteiger partial charge in [-0.3, -0.25) is 9.59 Å². The summed E-state index contributed by atoms with van der Waals surface area (Å²) in [7, 11) is 0. The Hall–Kier alpha value is -1.10. The second-order valence-corrected chi connectivity index (χ2v) is 6.03. The van der Waals surface area contributed by atoms with Crippen molar-refractivity contribution < 1.29 is 9.59 Å². The first-order valence-corrected chi connectivity index (χ1v) is 7.21. The van der Waals surface area contributed by atoms with Crippen molar-refractivity contribution in [2.45, 2.75) is 46.0 Å². The largest absolute Gasteiger partial charge is 0.356 e. The van der Waals surface area contributed by atoms with E-state index in [9.17, 15) is 9.59 Å². The maximum atomic E-state index is 11.8. The SMILES string of the molecule is CC(C)CNC(=O)CCNC(=O)CC1(CN)CCC1. The van der Waals surface area contributed by atoms with Crippen LogP contribution in [0, 0.1) is 11.3 Å². The lowest BCUT2D eigenvalue weighted by Gasteiger charge is -2.40. The number of rotatable bonds is 8. The summed E-state index contributed by atoms with van der Waals surface area (Å²) in [6.45, 7) is 5.77. The van der Waals surface area contributed by atoms with Gasteiger partial charge in [0, 0.05) is 25.9 Å². The van der Waals surface area contributed by atoms with Gasteiger partial charge in [0.25, 0.3) is 0 Å².